The average Bonchev–Trinajstić information content (AvgIpc) is 3.41. The number of unbranched alkanes of at least 4 members (excludes halogenated alkanes) is 12. The molecule has 2 atom stereocenters. The quantitative estimate of drug-likeness (QED) is 0.0546. The van der Waals surface area contributed by atoms with Crippen molar-refractivity contribution in [3.8, 4) is 0 Å². The van der Waals surface area contributed by atoms with E-state index in [2.05, 4.69) is 196 Å². The molecule has 0 aliphatic rings. The van der Waals surface area contributed by atoms with Gasteiger partial charge >= 0.3 is 0 Å². The molecule has 0 radical (unpaired) electrons. The van der Waals surface area contributed by atoms with Crippen LogP contribution in [0.1, 0.15) is 140 Å². The molecule has 73 heavy (non-hydrogen) atoms. The molecule has 0 aliphatic heterocycles. The summed E-state index contributed by atoms with van der Waals surface area (Å²) in [5.41, 5.74) is 2.66. The Morgan fingerprint density at radius 2 is 0.493 bits per heavy atom. The fraction of sp³-hybridized carbons (Fsp3) is 0.278. The Bertz CT molecular complexity index is 3690. The number of hydrogen-bond donors (Lipinski definition) is 0. The fourth-order valence-corrected chi connectivity index (χ4v) is 12.4. The van der Waals surface area contributed by atoms with Crippen LogP contribution in [0.3, 0.4) is 0 Å². The third-order valence-electron chi connectivity index (χ3n) is 16.5. The Hall–Kier alpha value is -6.80. The van der Waals surface area contributed by atoms with E-state index >= 15 is 0 Å². The molecule has 0 bridgehead atoms. The molecule has 12 rings (SSSR count). The second-order valence-corrected chi connectivity index (χ2v) is 21.7. The topological polar surface area (TPSA) is 9.23 Å². The van der Waals surface area contributed by atoms with Crippen molar-refractivity contribution in [2.45, 2.75) is 129 Å². The smallest absolute Gasteiger partial charge is 0.0839 e. The highest BCUT2D eigenvalue weighted by Gasteiger charge is 2.24. The van der Waals surface area contributed by atoms with Gasteiger partial charge in [0.2, 0.25) is 0 Å². The summed E-state index contributed by atoms with van der Waals surface area (Å²) in [6.07, 6.45) is 19.9. The van der Waals surface area contributed by atoms with Gasteiger partial charge in [0.25, 0.3) is 0 Å². The highest BCUT2D eigenvalue weighted by Crippen LogP contribution is 2.42. The van der Waals surface area contributed by atoms with Crippen molar-refractivity contribution in [1.82, 2.24) is 0 Å². The highest BCUT2D eigenvalue weighted by molar-refractivity contribution is 6.12. The third-order valence-corrected chi connectivity index (χ3v) is 16.5. The zero-order valence-electron chi connectivity index (χ0n) is 43.2. The van der Waals surface area contributed by atoms with Gasteiger partial charge in [0, 0.05) is 0 Å². The summed E-state index contributed by atoms with van der Waals surface area (Å²) in [6, 6.07) is 69.9. The van der Waals surface area contributed by atoms with Gasteiger partial charge in [-0.2, -0.15) is 0 Å². The fourth-order valence-electron chi connectivity index (χ4n) is 12.4. The maximum Gasteiger partial charge on any atom is 0.0839 e. The highest BCUT2D eigenvalue weighted by atomic mass is 16.5. The van der Waals surface area contributed by atoms with Gasteiger partial charge < -0.3 is 4.74 Å². The van der Waals surface area contributed by atoms with Gasteiger partial charge in [0.05, 0.1) is 12.2 Å². The molecule has 0 amide bonds. The van der Waals surface area contributed by atoms with Crippen LogP contribution in [-0.2, 0) is 4.74 Å². The Labute approximate surface area is 432 Å². The molecule has 0 aliphatic carbocycles. The minimum Gasteiger partial charge on any atom is -0.366 e. The average molecular weight is 951 g/mol. The predicted octanol–water partition coefficient (Wildman–Crippen LogP) is 22.3. The summed E-state index contributed by atoms with van der Waals surface area (Å²) in [7, 11) is 0. The predicted molar refractivity (Wildman–Crippen MR) is 320 cm³/mol. The zero-order valence-corrected chi connectivity index (χ0v) is 43.2. The van der Waals surface area contributed by atoms with E-state index in [1.165, 1.54) is 196 Å². The summed E-state index contributed by atoms with van der Waals surface area (Å²) >= 11 is 0. The van der Waals surface area contributed by atoms with E-state index < -0.39 is 0 Å². The lowest BCUT2D eigenvalue weighted by Gasteiger charge is -2.28. The first-order valence-electron chi connectivity index (χ1n) is 28.2. The summed E-state index contributed by atoms with van der Waals surface area (Å²) in [6.45, 7) is 4.63. The standard InChI is InChI=1S/C72H70O/c1-3-5-7-9-11-13-15-31-71(67-29-21-27-53-37-59-43-61-39-55-33-49-23-17-19-25-51(49)35-57(55)41-63(61)45-65(59)47-69(53)67)73-72(32-16-14-12-10-8-6-4-2)68-30-22-28-54-38-60-44-62-40-56-34-50-24-18-20-26-52(50)36-58(56)42-64(62)46-66(60)48-70(54)68/h17-30,33-48,71-72H,3-16,31-32H2,1-2H3. The molecule has 0 fully saturated rings. The van der Waals surface area contributed by atoms with Crippen molar-refractivity contribution in [3.05, 3.63) is 193 Å². The number of hydrogen-bond acceptors (Lipinski definition) is 1. The largest absolute Gasteiger partial charge is 0.366 e. The van der Waals surface area contributed by atoms with E-state index in [0.29, 0.717) is 0 Å². The van der Waals surface area contributed by atoms with Crippen LogP contribution in [-0.4, -0.2) is 0 Å². The first kappa shape index (κ1) is 47.2. The lowest BCUT2D eigenvalue weighted by atomic mass is 9.91. The van der Waals surface area contributed by atoms with E-state index in [4.69, 9.17) is 4.74 Å². The van der Waals surface area contributed by atoms with Crippen LogP contribution in [0.5, 0.6) is 0 Å². The maximum absolute atomic E-state index is 7.86. The minimum absolute atomic E-state index is 0.0342. The van der Waals surface area contributed by atoms with Crippen molar-refractivity contribution in [2.24, 2.45) is 0 Å². The van der Waals surface area contributed by atoms with Gasteiger partial charge in [-0.15, -0.1) is 0 Å². The van der Waals surface area contributed by atoms with Crippen LogP contribution < -0.4 is 0 Å². The van der Waals surface area contributed by atoms with E-state index in [9.17, 15) is 0 Å². The number of benzene rings is 12. The van der Waals surface area contributed by atoms with E-state index in [-0.39, 0.29) is 12.2 Å². The molecule has 0 saturated carbocycles. The molecule has 0 saturated heterocycles. The van der Waals surface area contributed by atoms with Crippen molar-refractivity contribution in [2.75, 3.05) is 0 Å². The Kier molecular flexibility index (Phi) is 13.8. The molecule has 1 heteroatoms. The van der Waals surface area contributed by atoms with Crippen LogP contribution in [0.15, 0.2) is 182 Å². The van der Waals surface area contributed by atoms with Gasteiger partial charge in [0.15, 0.2) is 0 Å². The molecular formula is C72H70O. The number of fused-ring (bicyclic) bond motifs is 10. The Morgan fingerprint density at radius 3 is 0.808 bits per heavy atom. The van der Waals surface area contributed by atoms with Gasteiger partial charge in [0.1, 0.15) is 0 Å². The zero-order chi connectivity index (χ0) is 49.1. The van der Waals surface area contributed by atoms with Crippen LogP contribution >= 0.6 is 0 Å². The Morgan fingerprint density at radius 1 is 0.247 bits per heavy atom. The molecule has 2 unspecified atom stereocenters. The first-order valence-corrected chi connectivity index (χ1v) is 28.2. The van der Waals surface area contributed by atoms with Crippen LogP contribution in [0.25, 0.3) is 108 Å². The van der Waals surface area contributed by atoms with Gasteiger partial charge in [-0.25, -0.2) is 0 Å². The Balaban J connectivity index is 0.936. The lowest BCUT2D eigenvalue weighted by Crippen LogP contribution is -2.12. The second kappa shape index (κ2) is 21.3. The second-order valence-electron chi connectivity index (χ2n) is 21.7. The van der Waals surface area contributed by atoms with E-state index in [1.807, 2.05) is 0 Å². The number of ether oxygens (including phenoxy) is 1. The van der Waals surface area contributed by atoms with Crippen LogP contribution in [0, 0.1) is 0 Å². The molecular weight excluding hydrogens is 881 g/mol. The molecule has 0 spiro atoms. The van der Waals surface area contributed by atoms with Crippen molar-refractivity contribution in [1.29, 1.82) is 0 Å². The van der Waals surface area contributed by atoms with Crippen molar-refractivity contribution in [3.63, 3.8) is 0 Å². The van der Waals surface area contributed by atoms with Gasteiger partial charge in [-0.3, -0.25) is 0 Å². The molecule has 1 nitrogen and oxygen atoms in total. The van der Waals surface area contributed by atoms with E-state index in [1.54, 1.807) is 0 Å². The summed E-state index contributed by atoms with van der Waals surface area (Å²) < 4.78 is 7.86. The van der Waals surface area contributed by atoms with Gasteiger partial charge in [-0.1, -0.05) is 189 Å². The summed E-state index contributed by atoms with van der Waals surface area (Å²) in [5.74, 6) is 0. The monoisotopic (exact) mass is 951 g/mol. The maximum atomic E-state index is 7.86. The molecule has 364 valence electrons. The molecule has 0 N–H and O–H groups in total. The molecule has 0 heterocycles. The summed E-state index contributed by atoms with van der Waals surface area (Å²) in [4.78, 5) is 0. The molecule has 0 aromatic heterocycles. The van der Waals surface area contributed by atoms with Crippen molar-refractivity contribution < 1.29 is 4.74 Å². The minimum atomic E-state index is -0.0342. The normalized spacial score (nSPS) is 13.1. The lowest BCUT2D eigenvalue weighted by molar-refractivity contribution is -0.0249. The van der Waals surface area contributed by atoms with Crippen LogP contribution in [0.2, 0.25) is 0 Å². The number of rotatable bonds is 20. The molecule has 12 aromatic carbocycles. The molecule has 12 aromatic rings. The first-order chi connectivity index (χ1) is 36.0. The van der Waals surface area contributed by atoms with Gasteiger partial charge in [-0.05, 0) is 229 Å². The SMILES string of the molecule is CCCCCCCCCC(OC(CCCCCCCCC)c1cccc2cc3cc4cc5cc6ccccc6cc5cc4cc3cc12)c1cccc2cc3cc4cc5cc6ccccc6cc5cc4cc3cc12. The van der Waals surface area contributed by atoms with Crippen LogP contribution in [0.4, 0.5) is 0 Å². The van der Waals surface area contributed by atoms with E-state index in [0.717, 1.165) is 25.7 Å². The third kappa shape index (κ3) is 10.0. The summed E-state index contributed by atoms with van der Waals surface area (Å²) in [5, 5.41) is 25.8. The van der Waals surface area contributed by atoms with Crippen molar-refractivity contribution >= 4 is 108 Å².